The standard InChI is InChI=1S/C20H23N5O5/c1-13(26)10-15-4-3-5-16(11-15)18-21-19(24-6-8-30-9-7-24)23-20(22-18)25(14(2)27)12-17(28)29/h3-5,11H,6-10,12H2,1-2H3,(H,28,29). The van der Waals surface area contributed by atoms with E-state index in [4.69, 9.17) is 4.74 Å². The molecule has 10 heteroatoms. The van der Waals surface area contributed by atoms with Gasteiger partial charge in [0.2, 0.25) is 17.8 Å². The first-order chi connectivity index (χ1) is 14.3. The van der Waals surface area contributed by atoms with E-state index in [-0.39, 0.29) is 18.2 Å². The lowest BCUT2D eigenvalue weighted by Crippen LogP contribution is -2.39. The highest BCUT2D eigenvalue weighted by Gasteiger charge is 2.23. The zero-order valence-corrected chi connectivity index (χ0v) is 16.9. The van der Waals surface area contributed by atoms with Crippen LogP contribution in [0.1, 0.15) is 19.4 Å². The van der Waals surface area contributed by atoms with Gasteiger partial charge in [0.25, 0.3) is 0 Å². The summed E-state index contributed by atoms with van der Waals surface area (Å²) in [5, 5.41) is 9.19. The quantitative estimate of drug-likeness (QED) is 0.706. The highest BCUT2D eigenvalue weighted by Crippen LogP contribution is 2.23. The first-order valence-electron chi connectivity index (χ1n) is 9.51. The average Bonchev–Trinajstić information content (AvgIpc) is 2.72. The lowest BCUT2D eigenvalue weighted by Gasteiger charge is -2.28. The molecule has 2 heterocycles. The molecule has 1 fully saturated rings. The molecule has 0 spiro atoms. The van der Waals surface area contributed by atoms with E-state index >= 15 is 0 Å². The van der Waals surface area contributed by atoms with E-state index in [9.17, 15) is 19.5 Å². The second kappa shape index (κ2) is 9.40. The Morgan fingerprint density at radius 2 is 1.87 bits per heavy atom. The molecule has 158 valence electrons. The maximum atomic E-state index is 12.1. The first kappa shape index (κ1) is 21.3. The highest BCUT2D eigenvalue weighted by molar-refractivity contribution is 5.94. The topological polar surface area (TPSA) is 126 Å². The van der Waals surface area contributed by atoms with Gasteiger partial charge in [-0.2, -0.15) is 15.0 Å². The van der Waals surface area contributed by atoms with Crippen molar-refractivity contribution in [1.29, 1.82) is 0 Å². The summed E-state index contributed by atoms with van der Waals surface area (Å²) in [6, 6.07) is 7.23. The summed E-state index contributed by atoms with van der Waals surface area (Å²) < 4.78 is 5.37. The summed E-state index contributed by atoms with van der Waals surface area (Å²) in [7, 11) is 0. The smallest absolute Gasteiger partial charge is 0.323 e. The Bertz CT molecular complexity index is 958. The van der Waals surface area contributed by atoms with Gasteiger partial charge in [0, 0.05) is 32.0 Å². The minimum Gasteiger partial charge on any atom is -0.480 e. The van der Waals surface area contributed by atoms with Crippen LogP contribution in [0.4, 0.5) is 11.9 Å². The van der Waals surface area contributed by atoms with Crippen molar-refractivity contribution >= 4 is 29.6 Å². The number of rotatable bonds is 7. The number of nitrogens with zero attached hydrogens (tertiary/aromatic N) is 5. The largest absolute Gasteiger partial charge is 0.480 e. The number of carboxylic acid groups (broad SMARTS) is 1. The van der Waals surface area contributed by atoms with Gasteiger partial charge >= 0.3 is 5.97 Å². The Morgan fingerprint density at radius 3 is 2.50 bits per heavy atom. The van der Waals surface area contributed by atoms with Crippen LogP contribution in [0.5, 0.6) is 0 Å². The summed E-state index contributed by atoms with van der Waals surface area (Å²) >= 11 is 0. The number of ether oxygens (including phenoxy) is 1. The van der Waals surface area contributed by atoms with Crippen LogP contribution in [0.2, 0.25) is 0 Å². The van der Waals surface area contributed by atoms with Crippen molar-refractivity contribution in [3.8, 4) is 11.4 Å². The fourth-order valence-electron chi connectivity index (χ4n) is 3.07. The Kier molecular flexibility index (Phi) is 6.68. The number of carboxylic acids is 1. The number of amides is 1. The van der Waals surface area contributed by atoms with Crippen LogP contribution in [0.3, 0.4) is 0 Å². The van der Waals surface area contributed by atoms with Gasteiger partial charge in [-0.15, -0.1) is 0 Å². The van der Waals surface area contributed by atoms with Gasteiger partial charge in [0.1, 0.15) is 12.3 Å². The minimum atomic E-state index is -1.18. The number of aromatic nitrogens is 3. The fourth-order valence-corrected chi connectivity index (χ4v) is 3.07. The van der Waals surface area contributed by atoms with Crippen molar-refractivity contribution in [3.05, 3.63) is 29.8 Å². The summed E-state index contributed by atoms with van der Waals surface area (Å²) in [6.07, 6.45) is 0.278. The van der Waals surface area contributed by atoms with Gasteiger partial charge in [-0.05, 0) is 18.6 Å². The van der Waals surface area contributed by atoms with E-state index in [2.05, 4.69) is 15.0 Å². The number of aliphatic carboxylic acids is 1. The number of benzene rings is 1. The molecule has 1 aromatic heterocycles. The summed E-state index contributed by atoms with van der Waals surface area (Å²) in [6.45, 7) is 4.35. The van der Waals surface area contributed by atoms with Crippen LogP contribution >= 0.6 is 0 Å². The number of carbonyl (C=O) groups excluding carboxylic acids is 2. The zero-order chi connectivity index (χ0) is 21.7. The summed E-state index contributed by atoms with van der Waals surface area (Å²) in [5.41, 5.74) is 1.45. The lowest BCUT2D eigenvalue weighted by atomic mass is 10.1. The molecule has 1 aliphatic rings. The van der Waals surface area contributed by atoms with Crippen molar-refractivity contribution in [2.24, 2.45) is 0 Å². The Labute approximate surface area is 173 Å². The van der Waals surface area contributed by atoms with Gasteiger partial charge in [-0.25, -0.2) is 0 Å². The van der Waals surface area contributed by atoms with Gasteiger partial charge in [0.15, 0.2) is 5.82 Å². The maximum Gasteiger partial charge on any atom is 0.323 e. The Hall–Kier alpha value is -3.40. The van der Waals surface area contributed by atoms with Gasteiger partial charge in [0.05, 0.1) is 13.2 Å². The van der Waals surface area contributed by atoms with E-state index in [1.54, 1.807) is 18.2 Å². The lowest BCUT2D eigenvalue weighted by molar-refractivity contribution is -0.136. The SMILES string of the molecule is CC(=O)Cc1cccc(-c2nc(N3CCOCC3)nc(N(CC(=O)O)C(C)=O)n2)c1. The highest BCUT2D eigenvalue weighted by atomic mass is 16.5. The second-order valence-corrected chi connectivity index (χ2v) is 6.94. The molecule has 30 heavy (non-hydrogen) atoms. The number of ketones is 1. The predicted octanol–water partition coefficient (Wildman–Crippen LogP) is 0.944. The number of morpholine rings is 1. The van der Waals surface area contributed by atoms with Crippen molar-refractivity contribution in [2.75, 3.05) is 42.6 Å². The first-order valence-corrected chi connectivity index (χ1v) is 9.51. The summed E-state index contributed by atoms with van der Waals surface area (Å²) in [5.74, 6) is -1.04. The molecule has 1 aromatic carbocycles. The van der Waals surface area contributed by atoms with Gasteiger partial charge in [-0.3, -0.25) is 19.3 Å². The molecule has 1 amide bonds. The van der Waals surface area contributed by atoms with E-state index in [0.717, 1.165) is 10.5 Å². The molecule has 10 nitrogen and oxygen atoms in total. The van der Waals surface area contributed by atoms with Crippen LogP contribution in [-0.4, -0.2) is 70.6 Å². The van der Waals surface area contributed by atoms with E-state index in [0.29, 0.717) is 43.6 Å². The molecule has 2 aromatic rings. The molecular formula is C20H23N5O5. The molecule has 0 unspecified atom stereocenters. The maximum absolute atomic E-state index is 12.1. The number of anilines is 2. The van der Waals surface area contributed by atoms with Crippen LogP contribution in [-0.2, 0) is 25.5 Å². The normalized spacial score (nSPS) is 13.7. The molecule has 3 rings (SSSR count). The number of hydrogen-bond acceptors (Lipinski definition) is 8. The molecule has 1 N–H and O–H groups in total. The summed E-state index contributed by atoms with van der Waals surface area (Å²) in [4.78, 5) is 51.0. The van der Waals surface area contributed by atoms with Crippen molar-refractivity contribution < 1.29 is 24.2 Å². The molecular weight excluding hydrogens is 390 g/mol. The Balaban J connectivity index is 2.08. The zero-order valence-electron chi connectivity index (χ0n) is 16.9. The minimum absolute atomic E-state index is 0.0294. The molecule has 0 atom stereocenters. The third kappa shape index (κ3) is 5.35. The van der Waals surface area contributed by atoms with Crippen LogP contribution in [0.15, 0.2) is 24.3 Å². The predicted molar refractivity (Wildman–Crippen MR) is 108 cm³/mol. The van der Waals surface area contributed by atoms with Crippen molar-refractivity contribution in [3.63, 3.8) is 0 Å². The van der Waals surface area contributed by atoms with E-state index in [1.165, 1.54) is 13.8 Å². The Morgan fingerprint density at radius 1 is 1.13 bits per heavy atom. The van der Waals surface area contributed by atoms with E-state index in [1.807, 2.05) is 11.0 Å². The monoisotopic (exact) mass is 413 g/mol. The third-order valence-corrected chi connectivity index (χ3v) is 4.46. The number of Topliss-reactive ketones (excluding diaryl/α,β-unsaturated/α-hetero) is 1. The van der Waals surface area contributed by atoms with Gasteiger partial charge < -0.3 is 14.7 Å². The third-order valence-electron chi connectivity index (χ3n) is 4.46. The number of carbonyl (C=O) groups is 3. The van der Waals surface area contributed by atoms with Crippen molar-refractivity contribution in [2.45, 2.75) is 20.3 Å². The molecule has 0 bridgehead atoms. The second-order valence-electron chi connectivity index (χ2n) is 6.94. The molecule has 1 aliphatic heterocycles. The van der Waals surface area contributed by atoms with Crippen molar-refractivity contribution in [1.82, 2.24) is 15.0 Å². The molecule has 0 radical (unpaired) electrons. The molecule has 1 saturated heterocycles. The average molecular weight is 413 g/mol. The molecule has 0 aliphatic carbocycles. The fraction of sp³-hybridized carbons (Fsp3) is 0.400. The van der Waals surface area contributed by atoms with Crippen LogP contribution in [0.25, 0.3) is 11.4 Å². The van der Waals surface area contributed by atoms with E-state index < -0.39 is 18.4 Å². The van der Waals surface area contributed by atoms with Crippen LogP contribution in [0, 0.1) is 0 Å². The number of hydrogen-bond donors (Lipinski definition) is 1. The molecule has 0 saturated carbocycles. The van der Waals surface area contributed by atoms with Gasteiger partial charge in [-0.1, -0.05) is 18.2 Å². The van der Waals surface area contributed by atoms with Crippen LogP contribution < -0.4 is 9.80 Å².